The summed E-state index contributed by atoms with van der Waals surface area (Å²) >= 11 is 3.32. The van der Waals surface area contributed by atoms with E-state index in [1.165, 1.54) is 0 Å². The molecule has 0 aromatic heterocycles. The highest BCUT2D eigenvalue weighted by Crippen LogP contribution is 2.25. The normalized spacial score (nSPS) is 23.7. The fourth-order valence-corrected chi connectivity index (χ4v) is 3.79. The summed E-state index contributed by atoms with van der Waals surface area (Å²) in [7, 11) is -3.44. The van der Waals surface area contributed by atoms with E-state index < -0.39 is 10.0 Å². The predicted octanol–water partition coefficient (Wildman–Crippen LogP) is 2.02. The number of benzene rings is 1. The predicted molar refractivity (Wildman–Crippen MR) is 77.6 cm³/mol. The van der Waals surface area contributed by atoms with Crippen LogP contribution >= 0.6 is 15.9 Å². The average molecular weight is 348 g/mol. The molecule has 1 saturated carbocycles. The van der Waals surface area contributed by atoms with Crippen LogP contribution in [0.3, 0.4) is 0 Å². The zero-order valence-corrected chi connectivity index (χ0v) is 13.0. The third-order valence-electron chi connectivity index (χ3n) is 3.46. The van der Waals surface area contributed by atoms with Crippen LogP contribution in [0, 0.1) is 5.92 Å². The van der Waals surface area contributed by atoms with Gasteiger partial charge >= 0.3 is 0 Å². The minimum Gasteiger partial charge on any atom is -0.393 e. The molecule has 2 unspecified atom stereocenters. The Labute approximate surface area is 122 Å². The molecule has 1 aliphatic rings. The molecule has 0 bridgehead atoms. The monoisotopic (exact) mass is 347 g/mol. The molecule has 0 radical (unpaired) electrons. The van der Waals surface area contributed by atoms with E-state index in [1.807, 2.05) is 0 Å². The maximum Gasteiger partial charge on any atom is 0.240 e. The number of nitrogens with one attached hydrogen (secondary N) is 1. The first-order valence-corrected chi connectivity index (χ1v) is 8.94. The topological polar surface area (TPSA) is 66.4 Å². The number of halogens is 1. The largest absolute Gasteiger partial charge is 0.393 e. The number of alkyl halides is 1. The molecule has 0 heterocycles. The van der Waals surface area contributed by atoms with Gasteiger partial charge in [-0.2, -0.15) is 0 Å². The minimum atomic E-state index is -3.44. The van der Waals surface area contributed by atoms with Crippen molar-refractivity contribution in [2.24, 2.45) is 5.92 Å². The summed E-state index contributed by atoms with van der Waals surface area (Å²) < 4.78 is 26.8. The Morgan fingerprint density at radius 3 is 2.47 bits per heavy atom. The van der Waals surface area contributed by atoms with Crippen LogP contribution in [0.2, 0.25) is 0 Å². The van der Waals surface area contributed by atoms with Crippen molar-refractivity contribution in [3.05, 3.63) is 29.8 Å². The molecule has 1 aliphatic carbocycles. The molecule has 4 nitrogen and oxygen atoms in total. The lowest BCUT2D eigenvalue weighted by Crippen LogP contribution is -2.28. The second kappa shape index (κ2) is 6.35. The van der Waals surface area contributed by atoms with Crippen LogP contribution in [0.1, 0.15) is 24.8 Å². The van der Waals surface area contributed by atoms with Crippen LogP contribution in [-0.2, 0) is 15.4 Å². The number of rotatable bonds is 5. The summed E-state index contributed by atoms with van der Waals surface area (Å²) in [4.78, 5) is 0.288. The van der Waals surface area contributed by atoms with Crippen molar-refractivity contribution in [2.45, 2.75) is 35.6 Å². The molecule has 0 spiro atoms. The zero-order valence-electron chi connectivity index (χ0n) is 10.5. The highest BCUT2D eigenvalue weighted by atomic mass is 79.9. The maximum atomic E-state index is 12.1. The van der Waals surface area contributed by atoms with Gasteiger partial charge in [-0.05, 0) is 42.9 Å². The van der Waals surface area contributed by atoms with Gasteiger partial charge in [-0.25, -0.2) is 13.1 Å². The highest BCUT2D eigenvalue weighted by Gasteiger charge is 2.24. The first kappa shape index (κ1) is 15.0. The molecule has 19 heavy (non-hydrogen) atoms. The fraction of sp³-hybridized carbons (Fsp3) is 0.538. The zero-order chi connectivity index (χ0) is 13.9. The van der Waals surface area contributed by atoms with Crippen molar-refractivity contribution in [2.75, 3.05) is 6.54 Å². The first-order chi connectivity index (χ1) is 9.01. The van der Waals surface area contributed by atoms with Gasteiger partial charge in [-0.1, -0.05) is 28.1 Å². The molecule has 0 aliphatic heterocycles. The number of hydrogen-bond donors (Lipinski definition) is 2. The van der Waals surface area contributed by atoms with E-state index in [0.717, 1.165) is 18.4 Å². The van der Waals surface area contributed by atoms with Crippen molar-refractivity contribution in [1.29, 1.82) is 0 Å². The van der Waals surface area contributed by atoms with Crippen LogP contribution in [0.25, 0.3) is 0 Å². The Morgan fingerprint density at radius 2 is 1.95 bits per heavy atom. The van der Waals surface area contributed by atoms with E-state index in [4.69, 9.17) is 0 Å². The number of aliphatic hydroxyl groups excluding tert-OH is 1. The smallest absolute Gasteiger partial charge is 0.240 e. The summed E-state index contributed by atoms with van der Waals surface area (Å²) in [6.45, 7) is 0.402. The molecule has 0 amide bonds. The van der Waals surface area contributed by atoms with Gasteiger partial charge in [0.15, 0.2) is 0 Å². The van der Waals surface area contributed by atoms with Crippen molar-refractivity contribution < 1.29 is 13.5 Å². The standard InChI is InChI=1S/C13H18BrNO3S/c14-8-10-2-5-13(6-3-10)19(17,18)15-9-11-1-4-12(16)7-11/h2-3,5-6,11-12,15-16H,1,4,7-9H2. The van der Waals surface area contributed by atoms with E-state index in [2.05, 4.69) is 20.7 Å². The second-order valence-corrected chi connectivity index (χ2v) is 7.29. The summed E-state index contributed by atoms with van der Waals surface area (Å²) in [5.41, 5.74) is 1.04. The van der Waals surface area contributed by atoms with Gasteiger partial charge in [-0.15, -0.1) is 0 Å². The van der Waals surface area contributed by atoms with Gasteiger partial charge in [0.1, 0.15) is 0 Å². The molecule has 1 aromatic rings. The van der Waals surface area contributed by atoms with E-state index in [0.29, 0.717) is 18.3 Å². The van der Waals surface area contributed by atoms with Crippen LogP contribution in [-0.4, -0.2) is 26.2 Å². The van der Waals surface area contributed by atoms with Gasteiger partial charge in [0.2, 0.25) is 10.0 Å². The lowest BCUT2D eigenvalue weighted by Gasteiger charge is -2.11. The Hall–Kier alpha value is -0.430. The van der Waals surface area contributed by atoms with Crippen LogP contribution in [0.15, 0.2) is 29.2 Å². The van der Waals surface area contributed by atoms with Gasteiger partial charge in [0.25, 0.3) is 0 Å². The van der Waals surface area contributed by atoms with E-state index in [1.54, 1.807) is 24.3 Å². The van der Waals surface area contributed by atoms with E-state index >= 15 is 0 Å². The maximum absolute atomic E-state index is 12.1. The molecule has 0 saturated heterocycles. The van der Waals surface area contributed by atoms with Crippen molar-refractivity contribution >= 4 is 26.0 Å². The molecule has 106 valence electrons. The highest BCUT2D eigenvalue weighted by molar-refractivity contribution is 9.08. The van der Waals surface area contributed by atoms with Crippen molar-refractivity contribution in [3.8, 4) is 0 Å². The molecule has 6 heteroatoms. The number of aliphatic hydroxyl groups is 1. The lowest BCUT2D eigenvalue weighted by molar-refractivity contribution is 0.178. The molecular weight excluding hydrogens is 330 g/mol. The van der Waals surface area contributed by atoms with Crippen molar-refractivity contribution in [1.82, 2.24) is 4.72 Å². The van der Waals surface area contributed by atoms with Crippen LogP contribution in [0.5, 0.6) is 0 Å². The minimum absolute atomic E-state index is 0.242. The molecule has 2 rings (SSSR count). The summed E-state index contributed by atoms with van der Waals surface area (Å²) in [6, 6.07) is 6.82. The fourth-order valence-electron chi connectivity index (χ4n) is 2.30. The Balaban J connectivity index is 1.97. The Bertz CT molecular complexity index is 515. The van der Waals surface area contributed by atoms with Crippen molar-refractivity contribution in [3.63, 3.8) is 0 Å². The Kier molecular flexibility index (Phi) is 5.00. The van der Waals surface area contributed by atoms with Gasteiger partial charge in [-0.3, -0.25) is 0 Å². The number of sulfonamides is 1. The quantitative estimate of drug-likeness (QED) is 0.800. The molecular formula is C13H18BrNO3S. The van der Waals surface area contributed by atoms with E-state index in [-0.39, 0.29) is 16.9 Å². The average Bonchev–Trinajstić information content (AvgIpc) is 2.82. The third kappa shape index (κ3) is 4.02. The van der Waals surface area contributed by atoms with Crippen LogP contribution in [0.4, 0.5) is 0 Å². The Morgan fingerprint density at radius 1 is 1.26 bits per heavy atom. The molecule has 2 atom stereocenters. The van der Waals surface area contributed by atoms with E-state index in [9.17, 15) is 13.5 Å². The van der Waals surface area contributed by atoms with Gasteiger partial charge < -0.3 is 5.11 Å². The summed E-state index contributed by atoms with van der Waals surface area (Å²) in [5.74, 6) is 0.242. The second-order valence-electron chi connectivity index (χ2n) is 4.96. The summed E-state index contributed by atoms with van der Waals surface area (Å²) in [5, 5.41) is 10.1. The first-order valence-electron chi connectivity index (χ1n) is 6.34. The molecule has 1 aromatic carbocycles. The number of hydrogen-bond acceptors (Lipinski definition) is 3. The third-order valence-corrected chi connectivity index (χ3v) is 5.55. The SMILES string of the molecule is O=S(=O)(NCC1CCC(O)C1)c1ccc(CBr)cc1. The lowest BCUT2D eigenvalue weighted by atomic mass is 10.1. The van der Waals surface area contributed by atoms with Gasteiger partial charge in [0.05, 0.1) is 11.0 Å². The van der Waals surface area contributed by atoms with Gasteiger partial charge in [0, 0.05) is 11.9 Å². The summed E-state index contributed by atoms with van der Waals surface area (Å²) in [6.07, 6.45) is 2.07. The molecule has 2 N–H and O–H groups in total. The van der Waals surface area contributed by atoms with Crippen LogP contribution < -0.4 is 4.72 Å². The molecule has 1 fully saturated rings.